The molecular weight excluding hydrogens is 296 g/mol. The van der Waals surface area contributed by atoms with Gasteiger partial charge in [-0.25, -0.2) is 0 Å². The molecule has 3 heteroatoms. The summed E-state index contributed by atoms with van der Waals surface area (Å²) in [6.07, 6.45) is 6.53. The van der Waals surface area contributed by atoms with Crippen molar-refractivity contribution in [2.24, 2.45) is 5.92 Å². The quantitative estimate of drug-likeness (QED) is 0.827. The third-order valence-electron chi connectivity index (χ3n) is 5.51. The highest BCUT2D eigenvalue weighted by atomic mass is 16.2. The van der Waals surface area contributed by atoms with Crippen molar-refractivity contribution in [3.63, 3.8) is 0 Å². The van der Waals surface area contributed by atoms with E-state index in [9.17, 15) is 4.79 Å². The lowest BCUT2D eigenvalue weighted by Crippen LogP contribution is -2.45. The van der Waals surface area contributed by atoms with E-state index < -0.39 is 0 Å². The van der Waals surface area contributed by atoms with E-state index in [1.54, 1.807) is 0 Å². The zero-order valence-electron chi connectivity index (χ0n) is 15.3. The highest BCUT2D eigenvalue weighted by molar-refractivity contribution is 5.76. The summed E-state index contributed by atoms with van der Waals surface area (Å²) < 4.78 is 0. The number of benzene rings is 1. The highest BCUT2D eigenvalue weighted by Gasteiger charge is 2.25. The van der Waals surface area contributed by atoms with Crippen LogP contribution in [0, 0.1) is 5.92 Å². The Hall–Kier alpha value is -1.35. The molecule has 1 saturated heterocycles. The van der Waals surface area contributed by atoms with Crippen molar-refractivity contribution < 1.29 is 4.79 Å². The van der Waals surface area contributed by atoms with Crippen molar-refractivity contribution in [2.75, 3.05) is 19.6 Å². The average molecular weight is 329 g/mol. The van der Waals surface area contributed by atoms with Crippen LogP contribution in [0.2, 0.25) is 0 Å². The zero-order valence-corrected chi connectivity index (χ0v) is 15.3. The second-order valence-electron chi connectivity index (χ2n) is 7.90. The number of hydrogen-bond donors (Lipinski definition) is 1. The van der Waals surface area contributed by atoms with E-state index in [0.717, 1.165) is 38.3 Å². The summed E-state index contributed by atoms with van der Waals surface area (Å²) in [6.45, 7) is 7.45. The molecule has 0 radical (unpaired) electrons. The molecule has 132 valence electrons. The predicted molar refractivity (Wildman–Crippen MR) is 99.2 cm³/mol. The number of carbonyl (C=O) groups is 1. The summed E-state index contributed by atoms with van der Waals surface area (Å²) in [5.74, 6) is 1.82. The molecule has 1 heterocycles. The van der Waals surface area contributed by atoms with E-state index in [0.29, 0.717) is 24.3 Å². The SMILES string of the molecule is CC(C)c1ccc(CCC(=O)N2CCC(NCC3CC3)CC2)cc1. The Labute approximate surface area is 146 Å². The minimum atomic E-state index is 0.323. The van der Waals surface area contributed by atoms with Gasteiger partial charge in [0, 0.05) is 25.6 Å². The van der Waals surface area contributed by atoms with E-state index in [4.69, 9.17) is 0 Å². The molecule has 1 aliphatic heterocycles. The summed E-state index contributed by atoms with van der Waals surface area (Å²) in [4.78, 5) is 14.5. The number of rotatable bonds is 7. The van der Waals surface area contributed by atoms with Crippen molar-refractivity contribution in [1.29, 1.82) is 0 Å². The van der Waals surface area contributed by atoms with Gasteiger partial charge in [-0.1, -0.05) is 38.1 Å². The third-order valence-corrected chi connectivity index (χ3v) is 5.51. The molecule has 1 saturated carbocycles. The van der Waals surface area contributed by atoms with E-state index in [1.807, 2.05) is 0 Å². The fraction of sp³-hybridized carbons (Fsp3) is 0.667. The number of carbonyl (C=O) groups excluding carboxylic acids is 1. The first-order valence-corrected chi connectivity index (χ1v) is 9.72. The lowest BCUT2D eigenvalue weighted by molar-refractivity contribution is -0.132. The molecule has 1 aliphatic carbocycles. The lowest BCUT2D eigenvalue weighted by Gasteiger charge is -2.32. The minimum absolute atomic E-state index is 0.323. The molecule has 2 fully saturated rings. The molecule has 0 unspecified atom stereocenters. The summed E-state index contributed by atoms with van der Waals surface area (Å²) in [5.41, 5.74) is 2.64. The van der Waals surface area contributed by atoms with E-state index in [2.05, 4.69) is 48.3 Å². The number of amides is 1. The van der Waals surface area contributed by atoms with Crippen LogP contribution in [0.4, 0.5) is 0 Å². The number of piperidine rings is 1. The van der Waals surface area contributed by atoms with Gasteiger partial charge in [0.15, 0.2) is 0 Å². The Kier molecular flexibility index (Phi) is 5.94. The first kappa shape index (κ1) is 17.5. The lowest BCUT2D eigenvalue weighted by atomic mass is 10.00. The molecule has 3 nitrogen and oxygen atoms in total. The Morgan fingerprint density at radius 1 is 1.12 bits per heavy atom. The number of nitrogens with one attached hydrogen (secondary N) is 1. The van der Waals surface area contributed by atoms with Gasteiger partial charge in [0.25, 0.3) is 0 Å². The van der Waals surface area contributed by atoms with Gasteiger partial charge in [-0.05, 0) is 61.6 Å². The second-order valence-corrected chi connectivity index (χ2v) is 7.90. The Bertz CT molecular complexity index is 525. The molecule has 0 spiro atoms. The zero-order chi connectivity index (χ0) is 16.9. The summed E-state index contributed by atoms with van der Waals surface area (Å²) in [6, 6.07) is 9.37. The number of aryl methyl sites for hydroxylation is 1. The van der Waals surface area contributed by atoms with Crippen LogP contribution < -0.4 is 5.32 Å². The topological polar surface area (TPSA) is 32.3 Å². The molecule has 24 heavy (non-hydrogen) atoms. The van der Waals surface area contributed by atoms with Gasteiger partial charge in [-0.3, -0.25) is 4.79 Å². The largest absolute Gasteiger partial charge is 0.343 e. The molecule has 1 aromatic carbocycles. The van der Waals surface area contributed by atoms with E-state index in [1.165, 1.54) is 30.5 Å². The monoisotopic (exact) mass is 328 g/mol. The predicted octanol–water partition coefficient (Wildman–Crippen LogP) is 3.73. The van der Waals surface area contributed by atoms with Gasteiger partial charge in [-0.2, -0.15) is 0 Å². The summed E-state index contributed by atoms with van der Waals surface area (Å²) in [7, 11) is 0. The van der Waals surface area contributed by atoms with Crippen LogP contribution in [0.15, 0.2) is 24.3 Å². The fourth-order valence-electron chi connectivity index (χ4n) is 3.47. The van der Waals surface area contributed by atoms with E-state index in [-0.39, 0.29) is 0 Å². The van der Waals surface area contributed by atoms with Crippen molar-refractivity contribution >= 4 is 5.91 Å². The molecule has 1 amide bonds. The molecule has 1 N–H and O–H groups in total. The van der Waals surface area contributed by atoms with Gasteiger partial charge in [0.1, 0.15) is 0 Å². The van der Waals surface area contributed by atoms with Gasteiger partial charge in [-0.15, -0.1) is 0 Å². The van der Waals surface area contributed by atoms with Crippen molar-refractivity contribution in [2.45, 2.75) is 64.3 Å². The molecule has 0 atom stereocenters. The van der Waals surface area contributed by atoms with E-state index >= 15 is 0 Å². The maximum Gasteiger partial charge on any atom is 0.222 e. The van der Waals surface area contributed by atoms with Crippen LogP contribution in [-0.2, 0) is 11.2 Å². The minimum Gasteiger partial charge on any atom is -0.343 e. The molecule has 1 aromatic rings. The van der Waals surface area contributed by atoms with Crippen LogP contribution in [0.25, 0.3) is 0 Å². The Morgan fingerprint density at radius 2 is 1.79 bits per heavy atom. The maximum absolute atomic E-state index is 12.4. The van der Waals surface area contributed by atoms with Crippen molar-refractivity contribution in [1.82, 2.24) is 10.2 Å². The molecule has 0 bridgehead atoms. The van der Waals surface area contributed by atoms with Gasteiger partial charge < -0.3 is 10.2 Å². The maximum atomic E-state index is 12.4. The second kappa shape index (κ2) is 8.15. The van der Waals surface area contributed by atoms with Crippen LogP contribution >= 0.6 is 0 Å². The fourth-order valence-corrected chi connectivity index (χ4v) is 3.47. The van der Waals surface area contributed by atoms with Crippen LogP contribution in [0.1, 0.15) is 63.0 Å². The van der Waals surface area contributed by atoms with Crippen LogP contribution in [-0.4, -0.2) is 36.5 Å². The molecule has 2 aliphatic rings. The van der Waals surface area contributed by atoms with Crippen LogP contribution in [0.5, 0.6) is 0 Å². The molecule has 0 aromatic heterocycles. The number of nitrogens with zero attached hydrogens (tertiary/aromatic N) is 1. The number of likely N-dealkylation sites (tertiary alicyclic amines) is 1. The highest BCUT2D eigenvalue weighted by Crippen LogP contribution is 2.28. The van der Waals surface area contributed by atoms with Crippen molar-refractivity contribution in [3.05, 3.63) is 35.4 Å². The first-order chi connectivity index (χ1) is 11.6. The van der Waals surface area contributed by atoms with Gasteiger partial charge in [0.2, 0.25) is 5.91 Å². The molecule has 3 rings (SSSR count). The van der Waals surface area contributed by atoms with Crippen LogP contribution in [0.3, 0.4) is 0 Å². The first-order valence-electron chi connectivity index (χ1n) is 9.72. The summed E-state index contributed by atoms with van der Waals surface area (Å²) in [5, 5.41) is 3.68. The van der Waals surface area contributed by atoms with Gasteiger partial charge in [0.05, 0.1) is 0 Å². The third kappa shape index (κ3) is 5.07. The normalized spacial score (nSPS) is 19.0. The summed E-state index contributed by atoms with van der Waals surface area (Å²) >= 11 is 0. The number of hydrogen-bond acceptors (Lipinski definition) is 2. The van der Waals surface area contributed by atoms with Gasteiger partial charge >= 0.3 is 0 Å². The van der Waals surface area contributed by atoms with Crippen molar-refractivity contribution in [3.8, 4) is 0 Å². The average Bonchev–Trinajstić information content (AvgIpc) is 3.43. The molecular formula is C21H32N2O. The smallest absolute Gasteiger partial charge is 0.222 e. The Balaban J connectivity index is 1.37. The Morgan fingerprint density at radius 3 is 2.38 bits per heavy atom. The standard InChI is InChI=1S/C21H32N2O/c1-16(2)19-8-5-17(6-9-19)7-10-21(24)23-13-11-20(12-14-23)22-15-18-3-4-18/h5-6,8-9,16,18,20,22H,3-4,7,10-15H2,1-2H3.